The summed E-state index contributed by atoms with van der Waals surface area (Å²) in [7, 11) is 0. The number of hydrogen-bond acceptors (Lipinski definition) is 1. The number of rotatable bonds is 2. The maximum atomic E-state index is 6.17. The third kappa shape index (κ3) is 2.45. The van der Waals surface area contributed by atoms with Crippen LogP contribution < -0.4 is 5.73 Å². The van der Waals surface area contributed by atoms with Gasteiger partial charge in [-0.1, -0.05) is 55.8 Å². The summed E-state index contributed by atoms with van der Waals surface area (Å²) >= 11 is 6.17. The Morgan fingerprint density at radius 3 is 2.35 bits per heavy atom. The number of hydrogen-bond donors (Lipinski definition) is 1. The first-order valence-electron chi connectivity index (χ1n) is 5.74. The van der Waals surface area contributed by atoms with E-state index in [2.05, 4.69) is 26.0 Å². The molecule has 0 aromatic heterocycles. The van der Waals surface area contributed by atoms with Gasteiger partial charge in [0.25, 0.3) is 0 Å². The van der Waals surface area contributed by atoms with Crippen molar-refractivity contribution in [2.75, 3.05) is 5.73 Å². The van der Waals surface area contributed by atoms with Crippen LogP contribution in [0.1, 0.15) is 25.3 Å². The summed E-state index contributed by atoms with van der Waals surface area (Å²) < 4.78 is 0. The summed E-state index contributed by atoms with van der Waals surface area (Å²) in [5.41, 5.74) is 10.2. The molecule has 0 atom stereocenters. The Hall–Kier alpha value is -1.47. The number of benzene rings is 2. The van der Waals surface area contributed by atoms with Crippen LogP contribution in [-0.4, -0.2) is 0 Å². The van der Waals surface area contributed by atoms with Gasteiger partial charge in [-0.15, -0.1) is 0 Å². The first kappa shape index (κ1) is 12.0. The van der Waals surface area contributed by atoms with Crippen LogP contribution in [-0.2, 0) is 0 Å². The van der Waals surface area contributed by atoms with Crippen LogP contribution in [0.25, 0.3) is 11.1 Å². The van der Waals surface area contributed by atoms with E-state index in [1.165, 1.54) is 5.56 Å². The molecule has 17 heavy (non-hydrogen) atoms. The summed E-state index contributed by atoms with van der Waals surface area (Å²) in [4.78, 5) is 0. The Morgan fingerprint density at radius 2 is 1.76 bits per heavy atom. The SMILES string of the molecule is CC(C)c1ccc(-c2ccccc2Cl)cc1N. The van der Waals surface area contributed by atoms with E-state index < -0.39 is 0 Å². The monoisotopic (exact) mass is 245 g/mol. The average molecular weight is 246 g/mol. The molecule has 2 aromatic carbocycles. The minimum Gasteiger partial charge on any atom is -0.398 e. The van der Waals surface area contributed by atoms with Crippen LogP contribution in [0, 0.1) is 0 Å². The van der Waals surface area contributed by atoms with Crippen LogP contribution in [0.4, 0.5) is 5.69 Å². The van der Waals surface area contributed by atoms with Gasteiger partial charge < -0.3 is 5.73 Å². The topological polar surface area (TPSA) is 26.0 Å². The second-order valence-electron chi connectivity index (χ2n) is 4.48. The second kappa shape index (κ2) is 4.80. The van der Waals surface area contributed by atoms with Crippen LogP contribution in [0.5, 0.6) is 0 Å². The van der Waals surface area contributed by atoms with Crippen LogP contribution in [0.3, 0.4) is 0 Å². The van der Waals surface area contributed by atoms with E-state index in [1.54, 1.807) is 0 Å². The van der Waals surface area contributed by atoms with Gasteiger partial charge in [0, 0.05) is 16.3 Å². The van der Waals surface area contributed by atoms with Gasteiger partial charge in [0.1, 0.15) is 0 Å². The van der Waals surface area contributed by atoms with E-state index in [-0.39, 0.29) is 0 Å². The lowest BCUT2D eigenvalue weighted by atomic mass is 9.97. The van der Waals surface area contributed by atoms with Gasteiger partial charge in [0.05, 0.1) is 0 Å². The Kier molecular flexibility index (Phi) is 3.39. The number of halogens is 1. The maximum Gasteiger partial charge on any atom is 0.0484 e. The molecule has 0 unspecified atom stereocenters. The normalized spacial score (nSPS) is 10.8. The van der Waals surface area contributed by atoms with Crippen molar-refractivity contribution in [3.05, 3.63) is 53.1 Å². The molecule has 2 heteroatoms. The van der Waals surface area contributed by atoms with E-state index in [0.717, 1.165) is 21.8 Å². The molecule has 0 aliphatic carbocycles. The molecular formula is C15H16ClN. The molecule has 0 heterocycles. The molecule has 2 aromatic rings. The Balaban J connectivity index is 2.49. The summed E-state index contributed by atoms with van der Waals surface area (Å²) in [6.45, 7) is 4.28. The molecule has 0 spiro atoms. The van der Waals surface area contributed by atoms with Gasteiger partial charge in [-0.05, 0) is 29.2 Å². The zero-order valence-electron chi connectivity index (χ0n) is 10.1. The van der Waals surface area contributed by atoms with Crippen LogP contribution in [0.2, 0.25) is 5.02 Å². The molecule has 0 bridgehead atoms. The van der Waals surface area contributed by atoms with Gasteiger partial charge in [-0.25, -0.2) is 0 Å². The van der Waals surface area contributed by atoms with Crippen molar-refractivity contribution in [1.29, 1.82) is 0 Å². The van der Waals surface area contributed by atoms with Crippen LogP contribution in [0.15, 0.2) is 42.5 Å². The summed E-state index contributed by atoms with van der Waals surface area (Å²) in [6.07, 6.45) is 0. The van der Waals surface area contributed by atoms with Gasteiger partial charge in [0.15, 0.2) is 0 Å². The Labute approximate surface area is 107 Å². The second-order valence-corrected chi connectivity index (χ2v) is 4.89. The van der Waals surface area contributed by atoms with E-state index in [0.29, 0.717) is 5.92 Å². The summed E-state index contributed by atoms with van der Waals surface area (Å²) in [5, 5.41) is 0.754. The van der Waals surface area contributed by atoms with E-state index in [1.807, 2.05) is 30.3 Å². The first-order valence-corrected chi connectivity index (χ1v) is 6.11. The maximum absolute atomic E-state index is 6.17. The largest absolute Gasteiger partial charge is 0.398 e. The highest BCUT2D eigenvalue weighted by molar-refractivity contribution is 6.33. The fourth-order valence-electron chi connectivity index (χ4n) is 1.96. The van der Waals surface area contributed by atoms with Gasteiger partial charge >= 0.3 is 0 Å². The third-order valence-electron chi connectivity index (χ3n) is 2.89. The number of nitrogens with two attached hydrogens (primary N) is 1. The number of nitrogen functional groups attached to an aromatic ring is 1. The predicted molar refractivity (Wildman–Crippen MR) is 75.4 cm³/mol. The molecule has 88 valence electrons. The smallest absolute Gasteiger partial charge is 0.0484 e. The number of anilines is 1. The summed E-state index contributed by atoms with van der Waals surface area (Å²) in [5.74, 6) is 0.440. The predicted octanol–water partition coefficient (Wildman–Crippen LogP) is 4.71. The highest BCUT2D eigenvalue weighted by Crippen LogP contribution is 2.31. The molecule has 0 amide bonds. The molecule has 2 N–H and O–H groups in total. The van der Waals surface area contributed by atoms with E-state index >= 15 is 0 Å². The summed E-state index contributed by atoms with van der Waals surface area (Å²) in [6, 6.07) is 14.0. The zero-order chi connectivity index (χ0) is 12.4. The molecule has 2 rings (SSSR count). The lowest BCUT2D eigenvalue weighted by Gasteiger charge is -2.12. The van der Waals surface area contributed by atoms with Crippen molar-refractivity contribution in [3.63, 3.8) is 0 Å². The zero-order valence-corrected chi connectivity index (χ0v) is 10.8. The molecule has 0 aliphatic heterocycles. The van der Waals surface area contributed by atoms with E-state index in [4.69, 9.17) is 17.3 Å². The fourth-order valence-corrected chi connectivity index (χ4v) is 2.21. The Morgan fingerprint density at radius 1 is 1.06 bits per heavy atom. The van der Waals surface area contributed by atoms with E-state index in [9.17, 15) is 0 Å². The standard InChI is InChI=1S/C15H16ClN/c1-10(2)12-8-7-11(9-15(12)17)13-5-3-4-6-14(13)16/h3-10H,17H2,1-2H3. The highest BCUT2D eigenvalue weighted by atomic mass is 35.5. The fraction of sp³-hybridized carbons (Fsp3) is 0.200. The molecule has 0 aliphatic rings. The third-order valence-corrected chi connectivity index (χ3v) is 3.22. The van der Waals surface area contributed by atoms with Crippen LogP contribution >= 0.6 is 11.6 Å². The Bertz CT molecular complexity index is 532. The van der Waals surface area contributed by atoms with Crippen molar-refractivity contribution in [2.45, 2.75) is 19.8 Å². The molecule has 0 saturated heterocycles. The highest BCUT2D eigenvalue weighted by Gasteiger charge is 2.07. The van der Waals surface area contributed by atoms with Gasteiger partial charge in [-0.2, -0.15) is 0 Å². The minimum absolute atomic E-state index is 0.440. The molecule has 0 saturated carbocycles. The van der Waals surface area contributed by atoms with Crippen molar-refractivity contribution in [1.82, 2.24) is 0 Å². The molecule has 0 fully saturated rings. The van der Waals surface area contributed by atoms with Crippen molar-refractivity contribution < 1.29 is 0 Å². The lowest BCUT2D eigenvalue weighted by molar-refractivity contribution is 0.870. The van der Waals surface area contributed by atoms with Crippen molar-refractivity contribution >= 4 is 17.3 Å². The molecule has 0 radical (unpaired) electrons. The minimum atomic E-state index is 0.440. The molecular weight excluding hydrogens is 230 g/mol. The van der Waals surface area contributed by atoms with Gasteiger partial charge in [0.2, 0.25) is 0 Å². The quantitative estimate of drug-likeness (QED) is 0.762. The van der Waals surface area contributed by atoms with Crippen molar-refractivity contribution in [2.24, 2.45) is 0 Å². The first-order chi connectivity index (χ1) is 8.09. The molecule has 1 nitrogen and oxygen atoms in total. The van der Waals surface area contributed by atoms with Crippen molar-refractivity contribution in [3.8, 4) is 11.1 Å². The average Bonchev–Trinajstić information content (AvgIpc) is 2.29. The van der Waals surface area contributed by atoms with Gasteiger partial charge in [-0.3, -0.25) is 0 Å². The lowest BCUT2D eigenvalue weighted by Crippen LogP contribution is -1.96.